The van der Waals surface area contributed by atoms with Crippen molar-refractivity contribution in [2.45, 2.75) is 79.1 Å². The fraction of sp³-hybridized carbons (Fsp3) is 0.900. The first kappa shape index (κ1) is 18.7. The van der Waals surface area contributed by atoms with Crippen LogP contribution < -0.4 is 0 Å². The Hall–Kier alpha value is -1.10. The lowest BCUT2D eigenvalue weighted by molar-refractivity contribution is -0.256. The van der Waals surface area contributed by atoms with Crippen molar-refractivity contribution in [1.29, 1.82) is 0 Å². The standard InChI is InChI=1S/C20H32O5/c1-19(2,3)18(25-17(23)20(4,5)16(21)22)24-15-13-7-11-6-12(9-13)10-14(15)8-11/h11-15,18H,6-10H2,1-5H3,(H,21,22). The molecule has 5 nitrogen and oxygen atoms in total. The summed E-state index contributed by atoms with van der Waals surface area (Å²) in [4.78, 5) is 23.8. The predicted molar refractivity (Wildman–Crippen MR) is 92.7 cm³/mol. The van der Waals surface area contributed by atoms with E-state index in [1.165, 1.54) is 46.0 Å². The lowest BCUT2D eigenvalue weighted by atomic mass is 9.55. The highest BCUT2D eigenvalue weighted by Crippen LogP contribution is 2.55. The molecule has 4 rings (SSSR count). The molecule has 1 unspecified atom stereocenters. The summed E-state index contributed by atoms with van der Waals surface area (Å²) in [5, 5.41) is 9.27. The highest BCUT2D eigenvalue weighted by atomic mass is 16.7. The third-order valence-electron chi connectivity index (χ3n) is 6.39. The van der Waals surface area contributed by atoms with Gasteiger partial charge in [-0.1, -0.05) is 20.8 Å². The molecule has 5 heteroatoms. The van der Waals surface area contributed by atoms with Crippen LogP contribution in [0.2, 0.25) is 0 Å². The molecule has 142 valence electrons. The molecule has 1 atom stereocenters. The first-order chi connectivity index (χ1) is 11.5. The van der Waals surface area contributed by atoms with Gasteiger partial charge < -0.3 is 14.6 Å². The Bertz CT molecular complexity index is 517. The van der Waals surface area contributed by atoms with Gasteiger partial charge in [-0.15, -0.1) is 0 Å². The minimum absolute atomic E-state index is 0.137. The highest BCUT2D eigenvalue weighted by molar-refractivity contribution is 5.98. The summed E-state index contributed by atoms with van der Waals surface area (Å²) in [5.74, 6) is 0.913. The van der Waals surface area contributed by atoms with Crippen LogP contribution in [-0.4, -0.2) is 29.4 Å². The number of carbonyl (C=O) groups excluding carboxylic acids is 1. The molecule has 4 saturated carbocycles. The van der Waals surface area contributed by atoms with Crippen molar-refractivity contribution in [3.63, 3.8) is 0 Å². The Morgan fingerprint density at radius 1 is 0.920 bits per heavy atom. The van der Waals surface area contributed by atoms with E-state index >= 15 is 0 Å². The van der Waals surface area contributed by atoms with Gasteiger partial charge in [0, 0.05) is 5.41 Å². The van der Waals surface area contributed by atoms with Crippen LogP contribution in [0.5, 0.6) is 0 Å². The molecule has 0 aromatic rings. The predicted octanol–water partition coefficient (Wildman–Crippen LogP) is 3.85. The van der Waals surface area contributed by atoms with Gasteiger partial charge in [0.05, 0.1) is 6.10 Å². The maximum Gasteiger partial charge on any atom is 0.325 e. The zero-order valence-corrected chi connectivity index (χ0v) is 16.1. The van der Waals surface area contributed by atoms with Crippen molar-refractivity contribution >= 4 is 11.9 Å². The SMILES string of the molecule is CC(C)(C(=O)O)C(=O)OC(OC1C2CC3CC(C2)CC1C3)C(C)(C)C. The number of rotatable bonds is 5. The van der Waals surface area contributed by atoms with Crippen LogP contribution in [-0.2, 0) is 19.1 Å². The van der Waals surface area contributed by atoms with E-state index in [1.807, 2.05) is 20.8 Å². The Morgan fingerprint density at radius 2 is 1.40 bits per heavy atom. The molecule has 4 aliphatic rings. The second-order valence-corrected chi connectivity index (χ2v) is 10.1. The molecular weight excluding hydrogens is 320 g/mol. The van der Waals surface area contributed by atoms with Crippen molar-refractivity contribution in [3.05, 3.63) is 0 Å². The zero-order valence-electron chi connectivity index (χ0n) is 16.1. The molecule has 0 aromatic carbocycles. The third-order valence-corrected chi connectivity index (χ3v) is 6.39. The summed E-state index contributed by atoms with van der Waals surface area (Å²) < 4.78 is 12.0. The first-order valence-corrected chi connectivity index (χ1v) is 9.58. The molecule has 0 aromatic heterocycles. The average Bonchev–Trinajstić information content (AvgIpc) is 2.47. The van der Waals surface area contributed by atoms with E-state index in [1.54, 1.807) is 0 Å². The van der Waals surface area contributed by atoms with Crippen molar-refractivity contribution in [3.8, 4) is 0 Å². The number of carboxylic acids is 1. The molecule has 0 heterocycles. The number of carboxylic acid groups (broad SMARTS) is 1. The van der Waals surface area contributed by atoms with E-state index in [0.29, 0.717) is 11.8 Å². The Balaban J connectivity index is 1.72. The molecule has 0 saturated heterocycles. The summed E-state index contributed by atoms with van der Waals surface area (Å²) in [5.41, 5.74) is -1.98. The topological polar surface area (TPSA) is 72.8 Å². The van der Waals surface area contributed by atoms with E-state index in [-0.39, 0.29) is 6.10 Å². The number of ether oxygens (including phenoxy) is 2. The second kappa shape index (κ2) is 6.26. The Morgan fingerprint density at radius 3 is 1.80 bits per heavy atom. The van der Waals surface area contributed by atoms with Crippen LogP contribution in [0.25, 0.3) is 0 Å². The first-order valence-electron chi connectivity index (χ1n) is 9.58. The fourth-order valence-corrected chi connectivity index (χ4v) is 4.98. The molecule has 0 radical (unpaired) electrons. The van der Waals surface area contributed by atoms with Gasteiger partial charge in [-0.25, -0.2) is 0 Å². The molecule has 4 aliphatic carbocycles. The van der Waals surface area contributed by atoms with Crippen LogP contribution in [0.3, 0.4) is 0 Å². The van der Waals surface area contributed by atoms with Gasteiger partial charge >= 0.3 is 11.9 Å². The van der Waals surface area contributed by atoms with E-state index in [9.17, 15) is 14.7 Å². The highest BCUT2D eigenvalue weighted by Gasteiger charge is 2.51. The van der Waals surface area contributed by atoms with Gasteiger partial charge in [-0.3, -0.25) is 9.59 Å². The smallest absolute Gasteiger partial charge is 0.325 e. The van der Waals surface area contributed by atoms with Gasteiger partial charge in [0.2, 0.25) is 6.29 Å². The number of carbonyl (C=O) groups is 2. The minimum atomic E-state index is -1.57. The van der Waals surface area contributed by atoms with Crippen LogP contribution in [0.4, 0.5) is 0 Å². The van der Waals surface area contributed by atoms with Crippen LogP contribution in [0.15, 0.2) is 0 Å². The number of aliphatic carboxylic acids is 1. The molecule has 4 bridgehead atoms. The van der Waals surface area contributed by atoms with Gasteiger partial charge in [0.1, 0.15) is 0 Å². The van der Waals surface area contributed by atoms with Crippen LogP contribution >= 0.6 is 0 Å². The molecule has 25 heavy (non-hydrogen) atoms. The lowest BCUT2D eigenvalue weighted by Crippen LogP contribution is -2.52. The molecule has 0 spiro atoms. The average molecular weight is 352 g/mol. The molecular formula is C20H32O5. The van der Waals surface area contributed by atoms with E-state index in [0.717, 1.165) is 11.8 Å². The molecule has 1 N–H and O–H groups in total. The van der Waals surface area contributed by atoms with Gasteiger partial charge in [-0.2, -0.15) is 0 Å². The van der Waals surface area contributed by atoms with Crippen molar-refractivity contribution in [1.82, 2.24) is 0 Å². The summed E-state index contributed by atoms with van der Waals surface area (Å²) >= 11 is 0. The van der Waals surface area contributed by atoms with Crippen molar-refractivity contribution in [2.75, 3.05) is 0 Å². The van der Waals surface area contributed by atoms with Gasteiger partial charge in [0.15, 0.2) is 5.41 Å². The third kappa shape index (κ3) is 3.57. The quantitative estimate of drug-likeness (QED) is 0.462. The van der Waals surface area contributed by atoms with Gasteiger partial charge in [0.25, 0.3) is 0 Å². The number of hydrogen-bond donors (Lipinski definition) is 1. The molecule has 0 aliphatic heterocycles. The Labute approximate surface area is 150 Å². The number of esters is 1. The lowest BCUT2D eigenvalue weighted by Gasteiger charge is -2.55. The van der Waals surface area contributed by atoms with Crippen LogP contribution in [0.1, 0.15) is 66.7 Å². The second-order valence-electron chi connectivity index (χ2n) is 10.1. The Kier molecular flexibility index (Phi) is 4.68. The van der Waals surface area contributed by atoms with E-state index < -0.39 is 29.1 Å². The van der Waals surface area contributed by atoms with Crippen LogP contribution in [0, 0.1) is 34.5 Å². The fourth-order valence-electron chi connectivity index (χ4n) is 4.98. The van der Waals surface area contributed by atoms with Crippen molar-refractivity contribution < 1.29 is 24.2 Å². The largest absolute Gasteiger partial charge is 0.480 e. The summed E-state index contributed by atoms with van der Waals surface area (Å²) in [7, 11) is 0. The number of hydrogen-bond acceptors (Lipinski definition) is 4. The normalized spacial score (nSPS) is 35.5. The van der Waals surface area contributed by atoms with E-state index in [2.05, 4.69) is 0 Å². The maximum atomic E-state index is 12.4. The van der Waals surface area contributed by atoms with Gasteiger partial charge in [-0.05, 0) is 69.6 Å². The summed E-state index contributed by atoms with van der Waals surface area (Å²) in [6, 6.07) is 0. The molecule has 4 fully saturated rings. The van der Waals surface area contributed by atoms with Crippen molar-refractivity contribution in [2.24, 2.45) is 34.5 Å². The van der Waals surface area contributed by atoms with E-state index in [4.69, 9.17) is 9.47 Å². The summed E-state index contributed by atoms with van der Waals surface area (Å²) in [6.45, 7) is 8.65. The minimum Gasteiger partial charge on any atom is -0.480 e. The maximum absolute atomic E-state index is 12.4. The molecule has 0 amide bonds. The summed E-state index contributed by atoms with van der Waals surface area (Å²) in [6.07, 6.45) is 5.70. The zero-order chi connectivity index (χ0) is 18.6. The monoisotopic (exact) mass is 352 g/mol.